The van der Waals surface area contributed by atoms with Crippen LogP contribution in [0.15, 0.2) is 35.3 Å². The second-order valence-corrected chi connectivity index (χ2v) is 2.76. The Balaban J connectivity index is 2.77. The van der Waals surface area contributed by atoms with Gasteiger partial charge in [-0.25, -0.2) is 4.79 Å². The van der Waals surface area contributed by atoms with Gasteiger partial charge in [-0.05, 0) is 24.7 Å². The predicted molar refractivity (Wildman–Crippen MR) is 57.2 cm³/mol. The summed E-state index contributed by atoms with van der Waals surface area (Å²) < 4.78 is 0. The largest absolute Gasteiger partial charge is 0.316 e. The van der Waals surface area contributed by atoms with Crippen molar-refractivity contribution < 1.29 is 4.79 Å². The maximum Gasteiger partial charge on any atom is 0.240 e. The van der Waals surface area contributed by atoms with Crippen LogP contribution in [0.1, 0.15) is 5.56 Å². The molecule has 1 aromatic carbocycles. The minimum absolute atomic E-state index is 0.631. The third-order valence-electron chi connectivity index (χ3n) is 1.68. The zero-order valence-electron chi connectivity index (χ0n) is 8.03. The highest BCUT2D eigenvalue weighted by Crippen LogP contribution is 2.13. The zero-order valence-corrected chi connectivity index (χ0v) is 8.03. The summed E-state index contributed by atoms with van der Waals surface area (Å²) in [6.45, 7) is 0.821. The van der Waals surface area contributed by atoms with E-state index in [2.05, 4.69) is 10.3 Å². The van der Waals surface area contributed by atoms with Crippen LogP contribution in [0.2, 0.25) is 0 Å². The minimum Gasteiger partial charge on any atom is -0.316 e. The van der Waals surface area contributed by atoms with Crippen molar-refractivity contribution >= 4 is 17.8 Å². The molecule has 1 rings (SSSR count). The van der Waals surface area contributed by atoms with Crippen LogP contribution in [-0.4, -0.2) is 19.7 Å². The average molecular weight is 188 g/mol. The number of nitrogens with zero attached hydrogens (tertiary/aromatic N) is 1. The number of benzene rings is 1. The van der Waals surface area contributed by atoms with E-state index < -0.39 is 0 Å². The molecule has 0 saturated heterocycles. The standard InChI is InChI=1S/C11H12N2O/c1-12-7-3-5-10-4-2-6-11(8-10)13-9-14/h2-6,8,12H,7H2,1H3. The van der Waals surface area contributed by atoms with E-state index >= 15 is 0 Å². The lowest BCUT2D eigenvalue weighted by Gasteiger charge is -1.94. The molecule has 0 bridgehead atoms. The number of nitrogens with one attached hydrogen (secondary N) is 1. The van der Waals surface area contributed by atoms with Crippen molar-refractivity contribution in [2.75, 3.05) is 13.6 Å². The van der Waals surface area contributed by atoms with Crippen LogP contribution in [0, 0.1) is 0 Å². The van der Waals surface area contributed by atoms with Gasteiger partial charge >= 0.3 is 0 Å². The molecule has 0 fully saturated rings. The van der Waals surface area contributed by atoms with Gasteiger partial charge in [0.2, 0.25) is 6.08 Å². The molecule has 0 aliphatic rings. The van der Waals surface area contributed by atoms with Crippen molar-refractivity contribution in [1.82, 2.24) is 5.32 Å². The number of aliphatic imine (C=N–C) groups is 1. The topological polar surface area (TPSA) is 41.5 Å². The number of hydrogen-bond donors (Lipinski definition) is 1. The molecular weight excluding hydrogens is 176 g/mol. The first-order valence-corrected chi connectivity index (χ1v) is 4.36. The molecule has 0 spiro atoms. The molecule has 1 aromatic rings. The Hall–Kier alpha value is -1.70. The Kier molecular flexibility index (Phi) is 4.35. The minimum atomic E-state index is 0.631. The van der Waals surface area contributed by atoms with Gasteiger partial charge in [0.1, 0.15) is 0 Å². The number of likely N-dealkylation sites (N-methyl/N-ethyl adjacent to an activating group) is 1. The number of rotatable bonds is 4. The van der Waals surface area contributed by atoms with Gasteiger partial charge in [0, 0.05) is 6.54 Å². The zero-order chi connectivity index (χ0) is 10.2. The molecule has 0 heterocycles. The molecular formula is C11H12N2O. The molecule has 0 unspecified atom stereocenters. The van der Waals surface area contributed by atoms with Crippen LogP contribution in [0.4, 0.5) is 5.69 Å². The molecule has 3 heteroatoms. The lowest BCUT2D eigenvalue weighted by molar-refractivity contribution is 0.565. The molecule has 0 aliphatic heterocycles. The summed E-state index contributed by atoms with van der Waals surface area (Å²) in [5.74, 6) is 0. The third kappa shape index (κ3) is 3.35. The van der Waals surface area contributed by atoms with Crippen molar-refractivity contribution in [1.29, 1.82) is 0 Å². The second kappa shape index (κ2) is 5.86. The van der Waals surface area contributed by atoms with Crippen LogP contribution in [0.5, 0.6) is 0 Å². The summed E-state index contributed by atoms with van der Waals surface area (Å²) in [7, 11) is 1.89. The molecule has 1 N–H and O–H groups in total. The van der Waals surface area contributed by atoms with Crippen molar-refractivity contribution in [3.8, 4) is 0 Å². The van der Waals surface area contributed by atoms with Crippen molar-refractivity contribution in [2.24, 2.45) is 4.99 Å². The fraction of sp³-hybridized carbons (Fsp3) is 0.182. The number of hydrogen-bond acceptors (Lipinski definition) is 3. The summed E-state index contributed by atoms with van der Waals surface area (Å²) in [5, 5.41) is 3.01. The fourth-order valence-electron chi connectivity index (χ4n) is 1.06. The van der Waals surface area contributed by atoms with Crippen molar-refractivity contribution in [3.05, 3.63) is 35.9 Å². The van der Waals surface area contributed by atoms with E-state index in [4.69, 9.17) is 0 Å². The lowest BCUT2D eigenvalue weighted by Crippen LogP contribution is -2.03. The van der Waals surface area contributed by atoms with E-state index in [1.165, 1.54) is 6.08 Å². The van der Waals surface area contributed by atoms with Crippen LogP contribution in [-0.2, 0) is 4.79 Å². The van der Waals surface area contributed by atoms with Crippen LogP contribution in [0.25, 0.3) is 6.08 Å². The molecule has 0 atom stereocenters. The first-order chi connectivity index (χ1) is 6.86. The van der Waals surface area contributed by atoms with E-state index in [1.54, 1.807) is 6.07 Å². The van der Waals surface area contributed by atoms with Gasteiger partial charge in [0.25, 0.3) is 0 Å². The summed E-state index contributed by atoms with van der Waals surface area (Å²) >= 11 is 0. The lowest BCUT2D eigenvalue weighted by atomic mass is 10.2. The highest BCUT2D eigenvalue weighted by atomic mass is 16.1. The van der Waals surface area contributed by atoms with Gasteiger partial charge in [-0.1, -0.05) is 24.3 Å². The molecule has 14 heavy (non-hydrogen) atoms. The van der Waals surface area contributed by atoms with Crippen molar-refractivity contribution in [3.63, 3.8) is 0 Å². The summed E-state index contributed by atoms with van der Waals surface area (Å²) in [5.41, 5.74) is 1.66. The maximum atomic E-state index is 10.0. The summed E-state index contributed by atoms with van der Waals surface area (Å²) in [6.07, 6.45) is 5.49. The van der Waals surface area contributed by atoms with Gasteiger partial charge in [-0.3, -0.25) is 0 Å². The quantitative estimate of drug-likeness (QED) is 0.579. The average Bonchev–Trinajstić information content (AvgIpc) is 2.19. The first kappa shape index (κ1) is 10.4. The first-order valence-electron chi connectivity index (χ1n) is 4.36. The van der Waals surface area contributed by atoms with Crippen molar-refractivity contribution in [2.45, 2.75) is 0 Å². The van der Waals surface area contributed by atoms with Crippen LogP contribution in [0.3, 0.4) is 0 Å². The molecule has 0 amide bonds. The third-order valence-corrected chi connectivity index (χ3v) is 1.68. The van der Waals surface area contributed by atoms with Gasteiger partial charge < -0.3 is 5.32 Å². The Bertz CT molecular complexity index is 365. The van der Waals surface area contributed by atoms with E-state index in [0.29, 0.717) is 5.69 Å². The molecule has 0 aromatic heterocycles. The van der Waals surface area contributed by atoms with Gasteiger partial charge in [0.15, 0.2) is 0 Å². The summed E-state index contributed by atoms with van der Waals surface area (Å²) in [4.78, 5) is 13.6. The van der Waals surface area contributed by atoms with Crippen LogP contribution < -0.4 is 5.32 Å². The van der Waals surface area contributed by atoms with E-state index in [1.807, 2.05) is 37.4 Å². The molecule has 0 radical (unpaired) electrons. The van der Waals surface area contributed by atoms with E-state index in [-0.39, 0.29) is 0 Å². The monoisotopic (exact) mass is 188 g/mol. The van der Waals surface area contributed by atoms with E-state index in [0.717, 1.165) is 12.1 Å². The fourth-order valence-corrected chi connectivity index (χ4v) is 1.06. The molecule has 72 valence electrons. The number of isocyanates is 1. The highest BCUT2D eigenvalue weighted by molar-refractivity contribution is 5.57. The molecule has 0 saturated carbocycles. The second-order valence-electron chi connectivity index (χ2n) is 2.76. The van der Waals surface area contributed by atoms with Gasteiger partial charge in [-0.15, -0.1) is 0 Å². The predicted octanol–water partition coefficient (Wildman–Crippen LogP) is 1.89. The molecule has 0 aliphatic carbocycles. The SMILES string of the molecule is CNCC=Cc1cccc(N=C=O)c1. The van der Waals surface area contributed by atoms with Crippen LogP contribution >= 0.6 is 0 Å². The number of carbonyl (C=O) groups excluding carboxylic acids is 1. The highest BCUT2D eigenvalue weighted by Gasteiger charge is 1.89. The normalized spacial score (nSPS) is 10.1. The Morgan fingerprint density at radius 1 is 1.57 bits per heavy atom. The smallest absolute Gasteiger partial charge is 0.240 e. The Labute approximate surface area is 83.2 Å². The Morgan fingerprint density at radius 2 is 2.43 bits per heavy atom. The van der Waals surface area contributed by atoms with Gasteiger partial charge in [-0.2, -0.15) is 4.99 Å². The maximum absolute atomic E-state index is 10.0. The van der Waals surface area contributed by atoms with Gasteiger partial charge in [0.05, 0.1) is 5.69 Å². The van der Waals surface area contributed by atoms with E-state index in [9.17, 15) is 4.79 Å². The Morgan fingerprint density at radius 3 is 3.14 bits per heavy atom. The summed E-state index contributed by atoms with van der Waals surface area (Å²) in [6, 6.07) is 7.41. The molecule has 3 nitrogen and oxygen atoms in total.